The predicted molar refractivity (Wildman–Crippen MR) is 125 cm³/mol. The number of likely N-dealkylation sites (tertiary alicyclic amines) is 1. The van der Waals surface area contributed by atoms with Gasteiger partial charge in [0.05, 0.1) is 7.11 Å². The fourth-order valence-corrected chi connectivity index (χ4v) is 4.57. The molecule has 3 N–H and O–H groups in total. The van der Waals surface area contributed by atoms with Gasteiger partial charge < -0.3 is 25.6 Å². The first-order valence-electron chi connectivity index (χ1n) is 11.4. The van der Waals surface area contributed by atoms with E-state index in [2.05, 4.69) is 28.1 Å². The summed E-state index contributed by atoms with van der Waals surface area (Å²) in [6.45, 7) is 1.92. The molecule has 0 radical (unpaired) electrons. The van der Waals surface area contributed by atoms with Crippen LogP contribution in [0.1, 0.15) is 37.7 Å². The van der Waals surface area contributed by atoms with Gasteiger partial charge in [0.1, 0.15) is 5.75 Å². The zero-order valence-corrected chi connectivity index (χ0v) is 18.6. The molecule has 1 saturated heterocycles. The maximum Gasteiger partial charge on any atom is 0.319 e. The fraction of sp³-hybridized carbons (Fsp3) is 0.440. The van der Waals surface area contributed by atoms with Crippen LogP contribution in [0.25, 0.3) is 0 Å². The number of piperidine rings is 1. The first-order valence-corrected chi connectivity index (χ1v) is 11.4. The molecular formula is C25H32N4O3. The summed E-state index contributed by atoms with van der Waals surface area (Å²) in [7, 11) is 1.67. The summed E-state index contributed by atoms with van der Waals surface area (Å²) in [4.78, 5) is 26.8. The number of nitrogens with zero attached hydrogens (tertiary/aromatic N) is 1. The molecule has 4 amide bonds. The quantitative estimate of drug-likeness (QED) is 0.637. The lowest BCUT2D eigenvalue weighted by atomic mass is 9.64. The van der Waals surface area contributed by atoms with E-state index in [0.29, 0.717) is 19.6 Å². The predicted octanol–water partition coefficient (Wildman–Crippen LogP) is 4.11. The van der Waals surface area contributed by atoms with Crippen molar-refractivity contribution in [3.63, 3.8) is 0 Å². The molecule has 7 heteroatoms. The highest BCUT2D eigenvalue weighted by Gasteiger charge is 2.39. The molecule has 0 spiro atoms. The highest BCUT2D eigenvalue weighted by molar-refractivity contribution is 5.89. The number of hydrogen-bond acceptors (Lipinski definition) is 3. The minimum atomic E-state index is -0.203. The zero-order valence-electron chi connectivity index (χ0n) is 18.6. The minimum absolute atomic E-state index is 0.0167. The first kappa shape index (κ1) is 22.0. The van der Waals surface area contributed by atoms with Crippen LogP contribution in [0.15, 0.2) is 54.6 Å². The summed E-state index contributed by atoms with van der Waals surface area (Å²) < 4.78 is 5.27. The Morgan fingerprint density at radius 1 is 1.03 bits per heavy atom. The zero-order chi connectivity index (χ0) is 22.4. The van der Waals surface area contributed by atoms with Crippen molar-refractivity contribution < 1.29 is 14.3 Å². The topological polar surface area (TPSA) is 82.7 Å². The van der Waals surface area contributed by atoms with Crippen LogP contribution >= 0.6 is 0 Å². The molecule has 0 unspecified atom stereocenters. The third kappa shape index (κ3) is 5.15. The van der Waals surface area contributed by atoms with Crippen molar-refractivity contribution in [3.05, 3.63) is 60.2 Å². The Morgan fingerprint density at radius 3 is 2.31 bits per heavy atom. The van der Waals surface area contributed by atoms with E-state index in [9.17, 15) is 9.59 Å². The number of hydrogen-bond donors (Lipinski definition) is 3. The normalized spacial score (nSPS) is 17.7. The number of benzene rings is 2. The largest absolute Gasteiger partial charge is 0.497 e. The average Bonchev–Trinajstić information content (AvgIpc) is 2.79. The highest BCUT2D eigenvalue weighted by Crippen LogP contribution is 2.43. The number of urea groups is 2. The Morgan fingerprint density at radius 2 is 1.72 bits per heavy atom. The standard InChI is InChI=1S/C25H32N4O3/c1-32-22-10-8-19(9-11-22)25(14-5-15-25)18-26-24(31)29-16-12-21(13-17-29)28-23(30)27-20-6-3-2-4-7-20/h2-4,6-11,21H,5,12-18H2,1H3,(H,26,31)(H2,27,28,30). The van der Waals surface area contributed by atoms with Crippen molar-refractivity contribution in [1.82, 2.24) is 15.5 Å². The number of anilines is 1. The molecule has 1 aliphatic heterocycles. The third-order valence-electron chi connectivity index (χ3n) is 6.74. The second kappa shape index (κ2) is 9.94. The lowest BCUT2D eigenvalue weighted by Crippen LogP contribution is -2.53. The molecule has 2 aromatic rings. The molecule has 0 aromatic heterocycles. The Hall–Kier alpha value is -3.22. The van der Waals surface area contributed by atoms with Crippen LogP contribution in [-0.2, 0) is 5.41 Å². The van der Waals surface area contributed by atoms with Crippen molar-refractivity contribution in [2.24, 2.45) is 0 Å². The molecule has 2 fully saturated rings. The van der Waals surface area contributed by atoms with Crippen LogP contribution in [0, 0.1) is 0 Å². The number of ether oxygens (including phenoxy) is 1. The molecule has 32 heavy (non-hydrogen) atoms. The SMILES string of the molecule is COc1ccc(C2(CNC(=O)N3CCC(NC(=O)Nc4ccccc4)CC3)CCC2)cc1. The van der Waals surface area contributed by atoms with E-state index < -0.39 is 0 Å². The van der Waals surface area contributed by atoms with E-state index in [4.69, 9.17) is 4.74 Å². The van der Waals surface area contributed by atoms with Crippen LogP contribution in [0.3, 0.4) is 0 Å². The number of nitrogens with one attached hydrogen (secondary N) is 3. The molecule has 1 heterocycles. The molecule has 1 aliphatic carbocycles. The molecule has 0 atom stereocenters. The number of carbonyl (C=O) groups excluding carboxylic acids is 2. The molecule has 1 saturated carbocycles. The lowest BCUT2D eigenvalue weighted by Gasteiger charge is -2.43. The second-order valence-electron chi connectivity index (χ2n) is 8.75. The Bertz CT molecular complexity index is 905. The van der Waals surface area contributed by atoms with Crippen LogP contribution < -0.4 is 20.7 Å². The fourth-order valence-electron chi connectivity index (χ4n) is 4.57. The number of methoxy groups -OCH3 is 1. The smallest absolute Gasteiger partial charge is 0.319 e. The Balaban J connectivity index is 1.22. The van der Waals surface area contributed by atoms with E-state index >= 15 is 0 Å². The van der Waals surface area contributed by atoms with Gasteiger partial charge in [-0.3, -0.25) is 0 Å². The molecular weight excluding hydrogens is 404 g/mol. The maximum atomic E-state index is 12.8. The van der Waals surface area contributed by atoms with Gasteiger partial charge in [-0.15, -0.1) is 0 Å². The molecule has 2 aromatic carbocycles. The van der Waals surface area contributed by atoms with Crippen molar-refractivity contribution in [3.8, 4) is 5.75 Å². The molecule has 0 bridgehead atoms. The van der Waals surface area contributed by atoms with E-state index in [1.54, 1.807) is 7.11 Å². The average molecular weight is 437 g/mol. The minimum Gasteiger partial charge on any atom is -0.497 e. The van der Waals surface area contributed by atoms with Gasteiger partial charge in [-0.05, 0) is 55.5 Å². The summed E-state index contributed by atoms with van der Waals surface area (Å²) in [5.41, 5.74) is 2.05. The molecule has 7 nitrogen and oxygen atoms in total. The van der Waals surface area contributed by atoms with Gasteiger partial charge in [0.25, 0.3) is 0 Å². The van der Waals surface area contributed by atoms with Crippen LogP contribution in [-0.4, -0.2) is 49.7 Å². The Kier molecular flexibility index (Phi) is 6.83. The maximum absolute atomic E-state index is 12.8. The molecule has 170 valence electrons. The van der Waals surface area contributed by atoms with Gasteiger partial charge in [-0.1, -0.05) is 36.8 Å². The van der Waals surface area contributed by atoms with Gasteiger partial charge in [-0.25, -0.2) is 9.59 Å². The van der Waals surface area contributed by atoms with Gasteiger partial charge in [-0.2, -0.15) is 0 Å². The summed E-state index contributed by atoms with van der Waals surface area (Å²) in [6, 6.07) is 17.4. The Labute approximate surface area is 189 Å². The molecule has 2 aliphatic rings. The van der Waals surface area contributed by atoms with Gasteiger partial charge in [0, 0.05) is 36.8 Å². The van der Waals surface area contributed by atoms with Crippen molar-refractivity contribution in [1.29, 1.82) is 0 Å². The van der Waals surface area contributed by atoms with Crippen LogP contribution in [0.2, 0.25) is 0 Å². The van der Waals surface area contributed by atoms with Crippen molar-refractivity contribution in [2.75, 3.05) is 32.1 Å². The summed E-state index contributed by atoms with van der Waals surface area (Å²) in [5.74, 6) is 0.848. The van der Waals surface area contributed by atoms with Gasteiger partial charge >= 0.3 is 12.1 Å². The van der Waals surface area contributed by atoms with E-state index in [1.807, 2.05) is 47.4 Å². The first-order chi connectivity index (χ1) is 15.6. The molecule has 4 rings (SSSR count). The van der Waals surface area contributed by atoms with E-state index in [0.717, 1.165) is 37.1 Å². The lowest BCUT2D eigenvalue weighted by molar-refractivity contribution is 0.167. The van der Waals surface area contributed by atoms with Crippen LogP contribution in [0.4, 0.5) is 15.3 Å². The van der Waals surface area contributed by atoms with Crippen LogP contribution in [0.5, 0.6) is 5.75 Å². The number of amides is 4. The summed E-state index contributed by atoms with van der Waals surface area (Å²) in [5, 5.41) is 9.02. The number of para-hydroxylation sites is 1. The van der Waals surface area contributed by atoms with Crippen molar-refractivity contribution >= 4 is 17.7 Å². The van der Waals surface area contributed by atoms with Gasteiger partial charge in [0.15, 0.2) is 0 Å². The number of carbonyl (C=O) groups is 2. The van der Waals surface area contributed by atoms with Gasteiger partial charge in [0.2, 0.25) is 0 Å². The van der Waals surface area contributed by atoms with E-state index in [1.165, 1.54) is 12.0 Å². The highest BCUT2D eigenvalue weighted by atomic mass is 16.5. The van der Waals surface area contributed by atoms with E-state index in [-0.39, 0.29) is 23.5 Å². The monoisotopic (exact) mass is 436 g/mol. The van der Waals surface area contributed by atoms with Crippen molar-refractivity contribution in [2.45, 2.75) is 43.6 Å². The summed E-state index contributed by atoms with van der Waals surface area (Å²) in [6.07, 6.45) is 4.85. The number of rotatable bonds is 6. The third-order valence-corrected chi connectivity index (χ3v) is 6.74. The second-order valence-corrected chi connectivity index (χ2v) is 8.75. The summed E-state index contributed by atoms with van der Waals surface area (Å²) >= 11 is 0.